The van der Waals surface area contributed by atoms with E-state index < -0.39 is 0 Å². The highest BCUT2D eigenvalue weighted by Crippen LogP contribution is 2.29. The molecule has 64 valence electrons. The van der Waals surface area contributed by atoms with E-state index in [9.17, 15) is 4.79 Å². The Bertz CT molecular complexity index is 339. The van der Waals surface area contributed by atoms with Crippen LogP contribution in [0, 0.1) is 6.92 Å². The van der Waals surface area contributed by atoms with E-state index in [0.29, 0.717) is 6.04 Å². The third-order valence-corrected chi connectivity index (χ3v) is 2.38. The zero-order chi connectivity index (χ0) is 8.55. The molecule has 0 N–H and O–H groups in total. The molecule has 1 aliphatic rings. The molecule has 0 unspecified atom stereocenters. The molecule has 0 bridgehead atoms. The van der Waals surface area contributed by atoms with Gasteiger partial charge in [0.15, 0.2) is 0 Å². The van der Waals surface area contributed by atoms with E-state index in [0.717, 1.165) is 18.4 Å². The van der Waals surface area contributed by atoms with Gasteiger partial charge in [-0.2, -0.15) is 5.10 Å². The van der Waals surface area contributed by atoms with Crippen LogP contribution in [0.2, 0.25) is 0 Å². The topological polar surface area (TPSA) is 34.9 Å². The van der Waals surface area contributed by atoms with Crippen molar-refractivity contribution in [2.24, 2.45) is 0 Å². The number of rotatable bonds is 1. The van der Waals surface area contributed by atoms with E-state index in [4.69, 9.17) is 0 Å². The molecule has 0 aromatic carbocycles. The van der Waals surface area contributed by atoms with Crippen LogP contribution in [-0.2, 0) is 0 Å². The average molecular weight is 164 g/mol. The minimum Gasteiger partial charge on any atom is -0.268 e. The van der Waals surface area contributed by atoms with Crippen molar-refractivity contribution in [2.45, 2.75) is 32.2 Å². The van der Waals surface area contributed by atoms with Crippen LogP contribution < -0.4 is 5.56 Å². The molecule has 1 aromatic rings. The smallest absolute Gasteiger partial charge is 0.267 e. The van der Waals surface area contributed by atoms with E-state index in [1.54, 1.807) is 16.9 Å². The Labute approximate surface area is 71.0 Å². The maximum atomic E-state index is 11.4. The van der Waals surface area contributed by atoms with Gasteiger partial charge in [-0.3, -0.25) is 4.79 Å². The lowest BCUT2D eigenvalue weighted by atomic mass is 9.93. The number of aromatic nitrogens is 2. The van der Waals surface area contributed by atoms with Gasteiger partial charge in [-0.05, 0) is 31.7 Å². The van der Waals surface area contributed by atoms with E-state index in [1.165, 1.54) is 6.42 Å². The lowest BCUT2D eigenvalue weighted by Gasteiger charge is -2.25. The van der Waals surface area contributed by atoms with Gasteiger partial charge in [-0.25, -0.2) is 4.68 Å². The number of nitrogens with zero attached hydrogens (tertiary/aromatic N) is 2. The van der Waals surface area contributed by atoms with Crippen molar-refractivity contribution in [2.75, 3.05) is 0 Å². The van der Waals surface area contributed by atoms with Gasteiger partial charge in [0, 0.05) is 6.07 Å². The Morgan fingerprint density at radius 1 is 1.58 bits per heavy atom. The number of hydrogen-bond acceptors (Lipinski definition) is 2. The first-order valence-electron chi connectivity index (χ1n) is 4.33. The van der Waals surface area contributed by atoms with Crippen molar-refractivity contribution < 1.29 is 0 Å². The molecule has 1 saturated carbocycles. The molecule has 0 aliphatic heterocycles. The van der Waals surface area contributed by atoms with Crippen molar-refractivity contribution in [1.29, 1.82) is 0 Å². The molecule has 1 aliphatic carbocycles. The summed E-state index contributed by atoms with van der Waals surface area (Å²) in [6, 6.07) is 2.02. The summed E-state index contributed by atoms with van der Waals surface area (Å²) in [7, 11) is 0. The van der Waals surface area contributed by atoms with Crippen LogP contribution >= 0.6 is 0 Å². The van der Waals surface area contributed by atoms with Crippen molar-refractivity contribution in [3.63, 3.8) is 0 Å². The zero-order valence-electron chi connectivity index (χ0n) is 7.16. The highest BCUT2D eigenvalue weighted by molar-refractivity contribution is 5.03. The summed E-state index contributed by atoms with van der Waals surface area (Å²) in [4.78, 5) is 11.4. The normalized spacial score (nSPS) is 17.4. The monoisotopic (exact) mass is 164 g/mol. The quantitative estimate of drug-likeness (QED) is 0.626. The highest BCUT2D eigenvalue weighted by atomic mass is 16.1. The molecule has 0 radical (unpaired) electrons. The van der Waals surface area contributed by atoms with Crippen molar-refractivity contribution in [3.05, 3.63) is 28.2 Å². The summed E-state index contributed by atoms with van der Waals surface area (Å²) >= 11 is 0. The summed E-state index contributed by atoms with van der Waals surface area (Å²) < 4.78 is 1.61. The molecule has 2 rings (SSSR count). The van der Waals surface area contributed by atoms with Gasteiger partial charge in [0.25, 0.3) is 5.56 Å². The first-order chi connectivity index (χ1) is 5.77. The van der Waals surface area contributed by atoms with Crippen LogP contribution in [0.15, 0.2) is 17.1 Å². The van der Waals surface area contributed by atoms with Gasteiger partial charge in [0.05, 0.1) is 12.2 Å². The Morgan fingerprint density at radius 3 is 2.83 bits per heavy atom. The van der Waals surface area contributed by atoms with Crippen molar-refractivity contribution in [1.82, 2.24) is 9.78 Å². The molecule has 0 amide bonds. The molecular formula is C9H12N2O. The second-order valence-corrected chi connectivity index (χ2v) is 3.40. The second kappa shape index (κ2) is 2.73. The molecule has 1 fully saturated rings. The fraction of sp³-hybridized carbons (Fsp3) is 0.556. The zero-order valence-corrected chi connectivity index (χ0v) is 7.16. The van der Waals surface area contributed by atoms with Crippen molar-refractivity contribution >= 4 is 0 Å². The first-order valence-corrected chi connectivity index (χ1v) is 4.33. The van der Waals surface area contributed by atoms with Gasteiger partial charge < -0.3 is 0 Å². The summed E-state index contributed by atoms with van der Waals surface area (Å²) in [5.41, 5.74) is 0.982. The standard InChI is InChI=1S/C9H12N2O/c1-7-5-9(12)11(10-6-7)8-3-2-4-8/h5-6,8H,2-4H2,1H3. The van der Waals surface area contributed by atoms with Crippen molar-refractivity contribution in [3.8, 4) is 0 Å². The van der Waals surface area contributed by atoms with E-state index in [2.05, 4.69) is 5.10 Å². The lowest BCUT2D eigenvalue weighted by Crippen LogP contribution is -2.30. The van der Waals surface area contributed by atoms with Crippen LogP contribution in [0.25, 0.3) is 0 Å². The Balaban J connectivity index is 2.37. The fourth-order valence-electron chi connectivity index (χ4n) is 1.41. The van der Waals surface area contributed by atoms with Crippen LogP contribution in [0.5, 0.6) is 0 Å². The highest BCUT2D eigenvalue weighted by Gasteiger charge is 2.20. The molecule has 0 spiro atoms. The molecular weight excluding hydrogens is 152 g/mol. The average Bonchev–Trinajstić information content (AvgIpc) is 1.91. The number of aryl methyl sites for hydroxylation is 1. The second-order valence-electron chi connectivity index (χ2n) is 3.40. The van der Waals surface area contributed by atoms with Gasteiger partial charge in [-0.15, -0.1) is 0 Å². The van der Waals surface area contributed by atoms with Crippen LogP contribution in [-0.4, -0.2) is 9.78 Å². The van der Waals surface area contributed by atoms with Crippen LogP contribution in [0.3, 0.4) is 0 Å². The molecule has 0 saturated heterocycles. The van der Waals surface area contributed by atoms with E-state index in [-0.39, 0.29) is 5.56 Å². The minimum absolute atomic E-state index is 0.0414. The molecule has 1 aromatic heterocycles. The number of hydrogen-bond donors (Lipinski definition) is 0. The van der Waals surface area contributed by atoms with Crippen LogP contribution in [0.4, 0.5) is 0 Å². The Hall–Kier alpha value is -1.12. The molecule has 3 nitrogen and oxygen atoms in total. The van der Waals surface area contributed by atoms with Gasteiger partial charge in [0.2, 0.25) is 0 Å². The largest absolute Gasteiger partial charge is 0.268 e. The van der Waals surface area contributed by atoms with E-state index in [1.807, 2.05) is 6.92 Å². The van der Waals surface area contributed by atoms with Gasteiger partial charge >= 0.3 is 0 Å². The van der Waals surface area contributed by atoms with Gasteiger partial charge in [-0.1, -0.05) is 0 Å². The maximum Gasteiger partial charge on any atom is 0.267 e. The SMILES string of the molecule is Cc1cnn(C2CCC2)c(=O)c1. The van der Waals surface area contributed by atoms with Crippen LogP contribution in [0.1, 0.15) is 30.9 Å². The maximum absolute atomic E-state index is 11.4. The lowest BCUT2D eigenvalue weighted by molar-refractivity contribution is 0.278. The molecule has 1 heterocycles. The molecule has 12 heavy (non-hydrogen) atoms. The summed E-state index contributed by atoms with van der Waals surface area (Å²) in [6.45, 7) is 1.89. The molecule has 0 atom stereocenters. The summed E-state index contributed by atoms with van der Waals surface area (Å²) in [5.74, 6) is 0. The third kappa shape index (κ3) is 1.15. The minimum atomic E-state index is 0.0414. The Morgan fingerprint density at radius 2 is 2.33 bits per heavy atom. The van der Waals surface area contributed by atoms with Gasteiger partial charge in [0.1, 0.15) is 0 Å². The summed E-state index contributed by atoms with van der Waals surface area (Å²) in [5, 5.41) is 4.10. The third-order valence-electron chi connectivity index (χ3n) is 2.38. The predicted molar refractivity (Wildman–Crippen MR) is 46.1 cm³/mol. The molecule has 3 heteroatoms. The van der Waals surface area contributed by atoms with E-state index >= 15 is 0 Å². The fourth-order valence-corrected chi connectivity index (χ4v) is 1.41. The predicted octanol–water partition coefficient (Wildman–Crippen LogP) is 1.28. The first kappa shape index (κ1) is 7.53. The summed E-state index contributed by atoms with van der Waals surface area (Å²) in [6.07, 6.45) is 5.19. The Kier molecular flexibility index (Phi) is 1.71.